The first kappa shape index (κ1) is 12.5. The van der Waals surface area contributed by atoms with Crippen LogP contribution in [-0.4, -0.2) is 24.5 Å². The summed E-state index contributed by atoms with van der Waals surface area (Å²) in [5, 5.41) is 6.22. The summed E-state index contributed by atoms with van der Waals surface area (Å²) in [5.41, 5.74) is 0. The topological polar surface area (TPSA) is 41.1 Å². The van der Waals surface area contributed by atoms with Crippen LogP contribution in [-0.2, 0) is 4.79 Å². The number of carbonyl (C=O) groups is 1. The minimum atomic E-state index is 0.110. The molecule has 1 fully saturated rings. The van der Waals surface area contributed by atoms with Crippen LogP contribution >= 0.6 is 0 Å². The van der Waals surface area contributed by atoms with E-state index in [4.69, 9.17) is 0 Å². The molecule has 1 amide bonds. The Morgan fingerprint density at radius 2 is 2.07 bits per heavy atom. The Balaban J connectivity index is 2.11. The summed E-state index contributed by atoms with van der Waals surface area (Å²) in [5.74, 6) is 1.04. The fourth-order valence-corrected chi connectivity index (χ4v) is 1.76. The molecule has 2 N–H and O–H groups in total. The van der Waals surface area contributed by atoms with Crippen molar-refractivity contribution in [3.05, 3.63) is 0 Å². The molecule has 0 aromatic heterocycles. The Morgan fingerprint density at radius 1 is 1.40 bits per heavy atom. The normalized spacial score (nSPS) is 17.9. The average Bonchev–Trinajstić information content (AvgIpc) is 2.94. The number of carbonyl (C=O) groups excluding carboxylic acids is 1. The van der Waals surface area contributed by atoms with Crippen LogP contribution in [0.3, 0.4) is 0 Å². The van der Waals surface area contributed by atoms with Gasteiger partial charge in [0.1, 0.15) is 0 Å². The monoisotopic (exact) mass is 212 g/mol. The molecule has 1 unspecified atom stereocenters. The van der Waals surface area contributed by atoms with E-state index in [0.29, 0.717) is 12.6 Å². The van der Waals surface area contributed by atoms with Crippen molar-refractivity contribution >= 4 is 5.91 Å². The fourth-order valence-electron chi connectivity index (χ4n) is 1.76. The van der Waals surface area contributed by atoms with Crippen LogP contribution in [0.5, 0.6) is 0 Å². The van der Waals surface area contributed by atoms with Gasteiger partial charge in [0.05, 0.1) is 6.54 Å². The first-order chi connectivity index (χ1) is 7.11. The predicted octanol–water partition coefficient (Wildman–Crippen LogP) is 1.68. The van der Waals surface area contributed by atoms with Crippen LogP contribution < -0.4 is 10.6 Å². The van der Waals surface area contributed by atoms with Gasteiger partial charge in [-0.2, -0.15) is 0 Å². The molecule has 0 saturated heterocycles. The van der Waals surface area contributed by atoms with Gasteiger partial charge < -0.3 is 10.6 Å². The third-order valence-corrected chi connectivity index (χ3v) is 2.81. The van der Waals surface area contributed by atoms with Crippen molar-refractivity contribution in [3.63, 3.8) is 0 Å². The maximum absolute atomic E-state index is 11.4. The lowest BCUT2D eigenvalue weighted by molar-refractivity contribution is -0.120. The van der Waals surface area contributed by atoms with Crippen molar-refractivity contribution in [1.29, 1.82) is 0 Å². The van der Waals surface area contributed by atoms with Gasteiger partial charge in [-0.3, -0.25) is 4.79 Å². The molecule has 3 nitrogen and oxygen atoms in total. The van der Waals surface area contributed by atoms with Crippen molar-refractivity contribution in [2.45, 2.75) is 58.5 Å². The minimum absolute atomic E-state index is 0.110. The summed E-state index contributed by atoms with van der Waals surface area (Å²) in [7, 11) is 0. The summed E-state index contributed by atoms with van der Waals surface area (Å²) in [6.07, 6.45) is 5.13. The Kier molecular flexibility index (Phi) is 5.09. The molecule has 1 aliphatic rings. The van der Waals surface area contributed by atoms with Gasteiger partial charge in [0.15, 0.2) is 0 Å². The Labute approximate surface area is 93.0 Å². The quantitative estimate of drug-likeness (QED) is 0.674. The number of amides is 1. The molecule has 1 saturated carbocycles. The zero-order chi connectivity index (χ0) is 11.3. The molecule has 0 radical (unpaired) electrons. The van der Waals surface area contributed by atoms with Crippen molar-refractivity contribution < 1.29 is 4.79 Å². The highest BCUT2D eigenvalue weighted by molar-refractivity contribution is 5.78. The van der Waals surface area contributed by atoms with E-state index in [1.54, 1.807) is 0 Å². The second-order valence-corrected chi connectivity index (χ2v) is 4.89. The van der Waals surface area contributed by atoms with Crippen molar-refractivity contribution in [2.75, 3.05) is 6.54 Å². The fraction of sp³-hybridized carbons (Fsp3) is 0.917. The second-order valence-electron chi connectivity index (χ2n) is 4.89. The highest BCUT2D eigenvalue weighted by Crippen LogP contribution is 2.33. The molecule has 1 rings (SSSR count). The molecule has 0 aliphatic heterocycles. The number of rotatable bonds is 7. The number of hydrogen-bond acceptors (Lipinski definition) is 2. The van der Waals surface area contributed by atoms with Crippen molar-refractivity contribution in [3.8, 4) is 0 Å². The van der Waals surface area contributed by atoms with Crippen LogP contribution in [0.25, 0.3) is 0 Å². The minimum Gasteiger partial charge on any atom is -0.353 e. The molecule has 3 heteroatoms. The summed E-state index contributed by atoms with van der Waals surface area (Å²) in [4.78, 5) is 11.4. The summed E-state index contributed by atoms with van der Waals surface area (Å²) < 4.78 is 0. The van der Waals surface area contributed by atoms with Gasteiger partial charge in [-0.1, -0.05) is 19.8 Å². The maximum Gasteiger partial charge on any atom is 0.234 e. The molecule has 0 bridgehead atoms. The summed E-state index contributed by atoms with van der Waals surface area (Å²) >= 11 is 0. The smallest absolute Gasteiger partial charge is 0.234 e. The standard InChI is InChI=1S/C12H24N2O/c1-4-11(7-10-5-6-10)13-8-12(15)14-9(2)3/h9-11,13H,4-8H2,1-3H3,(H,14,15). The molecule has 1 atom stereocenters. The zero-order valence-electron chi connectivity index (χ0n) is 10.2. The van der Waals surface area contributed by atoms with E-state index in [-0.39, 0.29) is 11.9 Å². The molecule has 88 valence electrons. The second kappa shape index (κ2) is 6.11. The van der Waals surface area contributed by atoms with E-state index >= 15 is 0 Å². The zero-order valence-corrected chi connectivity index (χ0v) is 10.2. The van der Waals surface area contributed by atoms with Gasteiger partial charge >= 0.3 is 0 Å². The first-order valence-corrected chi connectivity index (χ1v) is 6.14. The van der Waals surface area contributed by atoms with Gasteiger partial charge in [-0.05, 0) is 32.6 Å². The van der Waals surface area contributed by atoms with E-state index in [2.05, 4.69) is 17.6 Å². The lowest BCUT2D eigenvalue weighted by atomic mass is 10.1. The van der Waals surface area contributed by atoms with Crippen LogP contribution in [0, 0.1) is 5.92 Å². The molecule has 0 aromatic carbocycles. The van der Waals surface area contributed by atoms with E-state index in [1.165, 1.54) is 19.3 Å². The van der Waals surface area contributed by atoms with Crippen LogP contribution in [0.2, 0.25) is 0 Å². The van der Waals surface area contributed by atoms with Gasteiger partial charge in [0.2, 0.25) is 5.91 Å². The van der Waals surface area contributed by atoms with Crippen LogP contribution in [0.15, 0.2) is 0 Å². The third-order valence-electron chi connectivity index (χ3n) is 2.81. The molecular formula is C12H24N2O. The van der Waals surface area contributed by atoms with Crippen molar-refractivity contribution in [2.24, 2.45) is 5.92 Å². The number of nitrogens with one attached hydrogen (secondary N) is 2. The average molecular weight is 212 g/mol. The lowest BCUT2D eigenvalue weighted by Gasteiger charge is -2.17. The lowest BCUT2D eigenvalue weighted by Crippen LogP contribution is -2.41. The molecule has 0 heterocycles. The molecule has 0 aromatic rings. The molecule has 15 heavy (non-hydrogen) atoms. The van der Waals surface area contributed by atoms with E-state index < -0.39 is 0 Å². The van der Waals surface area contributed by atoms with Crippen LogP contribution in [0.1, 0.15) is 46.5 Å². The SMILES string of the molecule is CCC(CC1CC1)NCC(=O)NC(C)C. The Hall–Kier alpha value is -0.570. The van der Waals surface area contributed by atoms with Gasteiger partial charge in [-0.15, -0.1) is 0 Å². The number of hydrogen-bond donors (Lipinski definition) is 2. The first-order valence-electron chi connectivity index (χ1n) is 6.14. The van der Waals surface area contributed by atoms with E-state index in [9.17, 15) is 4.79 Å². The third kappa shape index (κ3) is 5.78. The van der Waals surface area contributed by atoms with Crippen molar-refractivity contribution in [1.82, 2.24) is 10.6 Å². The summed E-state index contributed by atoms with van der Waals surface area (Å²) in [6.45, 7) is 6.61. The summed E-state index contributed by atoms with van der Waals surface area (Å²) in [6, 6.07) is 0.762. The van der Waals surface area contributed by atoms with Crippen LogP contribution in [0.4, 0.5) is 0 Å². The van der Waals surface area contributed by atoms with Gasteiger partial charge in [0.25, 0.3) is 0 Å². The molecular weight excluding hydrogens is 188 g/mol. The Bertz CT molecular complexity index is 200. The van der Waals surface area contributed by atoms with E-state index in [1.807, 2.05) is 13.8 Å². The highest BCUT2D eigenvalue weighted by atomic mass is 16.1. The maximum atomic E-state index is 11.4. The largest absolute Gasteiger partial charge is 0.353 e. The van der Waals surface area contributed by atoms with E-state index in [0.717, 1.165) is 12.3 Å². The van der Waals surface area contributed by atoms with Gasteiger partial charge in [-0.25, -0.2) is 0 Å². The Morgan fingerprint density at radius 3 is 2.53 bits per heavy atom. The van der Waals surface area contributed by atoms with Gasteiger partial charge in [0, 0.05) is 12.1 Å². The highest BCUT2D eigenvalue weighted by Gasteiger charge is 2.24. The molecule has 0 spiro atoms. The molecule has 1 aliphatic carbocycles. The predicted molar refractivity (Wildman–Crippen MR) is 62.7 cm³/mol.